The number of rotatable bonds is 13. The zero-order chi connectivity index (χ0) is 20.9. The summed E-state index contributed by atoms with van der Waals surface area (Å²) in [4.78, 5) is 12.4. The largest absolute Gasteiger partial charge is 0.423 e. The van der Waals surface area contributed by atoms with Crippen LogP contribution in [0.25, 0.3) is 0 Å². The smallest absolute Gasteiger partial charge is 0.343 e. The summed E-state index contributed by atoms with van der Waals surface area (Å²) in [6.45, 7) is 7.23. The molecule has 29 heavy (non-hydrogen) atoms. The van der Waals surface area contributed by atoms with Gasteiger partial charge in [-0.2, -0.15) is 0 Å². The van der Waals surface area contributed by atoms with Crippen molar-refractivity contribution in [3.63, 3.8) is 0 Å². The van der Waals surface area contributed by atoms with Gasteiger partial charge in [0.25, 0.3) is 0 Å². The van der Waals surface area contributed by atoms with Crippen molar-refractivity contribution in [3.05, 3.63) is 65.2 Å². The summed E-state index contributed by atoms with van der Waals surface area (Å²) < 4.78 is 11.4. The monoisotopic (exact) mass is 396 g/mol. The average Bonchev–Trinajstić information content (AvgIpc) is 2.74. The molecule has 3 nitrogen and oxygen atoms in total. The number of aryl methyl sites for hydroxylation is 1. The standard InChI is InChI=1S/C26H36O3/c1-4-6-7-8-9-10-20-28-21(3)23-14-16-24(17-15-23)26(27)29-25-18-12-22(11-5-2)13-19-25/h12-19,21H,4-11,20H2,1-3H3. The SMILES string of the molecule is CCCCCCCCOC(C)c1ccc(C(=O)Oc2ccc(CCC)cc2)cc1. The summed E-state index contributed by atoms with van der Waals surface area (Å²) in [5, 5.41) is 0. The van der Waals surface area contributed by atoms with Crippen molar-refractivity contribution in [1.82, 2.24) is 0 Å². The van der Waals surface area contributed by atoms with Crippen LogP contribution in [-0.2, 0) is 11.2 Å². The number of unbranched alkanes of at least 4 members (excludes halogenated alkanes) is 5. The first-order chi connectivity index (χ1) is 14.1. The second-order valence-corrected chi connectivity index (χ2v) is 7.69. The van der Waals surface area contributed by atoms with Gasteiger partial charge >= 0.3 is 5.97 Å². The van der Waals surface area contributed by atoms with E-state index in [0.717, 1.165) is 31.4 Å². The van der Waals surface area contributed by atoms with Crippen molar-refractivity contribution >= 4 is 5.97 Å². The van der Waals surface area contributed by atoms with Crippen molar-refractivity contribution in [2.24, 2.45) is 0 Å². The molecule has 0 aromatic heterocycles. The van der Waals surface area contributed by atoms with Gasteiger partial charge in [0.15, 0.2) is 0 Å². The third-order valence-electron chi connectivity index (χ3n) is 5.15. The predicted octanol–water partition coefficient (Wildman–Crippen LogP) is 7.30. The maximum atomic E-state index is 12.4. The van der Waals surface area contributed by atoms with Crippen LogP contribution in [0.1, 0.15) is 93.3 Å². The van der Waals surface area contributed by atoms with Crippen LogP contribution in [-0.4, -0.2) is 12.6 Å². The Morgan fingerprint density at radius 2 is 1.48 bits per heavy atom. The first-order valence-electron chi connectivity index (χ1n) is 11.2. The molecule has 0 aliphatic rings. The Balaban J connectivity index is 1.77. The summed E-state index contributed by atoms with van der Waals surface area (Å²) in [6.07, 6.45) is 9.74. The number of carbonyl (C=O) groups is 1. The normalized spacial score (nSPS) is 12.0. The number of benzene rings is 2. The van der Waals surface area contributed by atoms with Crippen LogP contribution in [0.5, 0.6) is 5.75 Å². The molecule has 0 N–H and O–H groups in total. The van der Waals surface area contributed by atoms with Gasteiger partial charge in [-0.1, -0.05) is 76.6 Å². The van der Waals surface area contributed by atoms with E-state index in [2.05, 4.69) is 20.8 Å². The minimum atomic E-state index is -0.333. The third-order valence-corrected chi connectivity index (χ3v) is 5.15. The van der Waals surface area contributed by atoms with Crippen LogP contribution < -0.4 is 4.74 Å². The predicted molar refractivity (Wildman–Crippen MR) is 120 cm³/mol. The van der Waals surface area contributed by atoms with E-state index in [0.29, 0.717) is 11.3 Å². The summed E-state index contributed by atoms with van der Waals surface area (Å²) in [5.74, 6) is 0.245. The first kappa shape index (κ1) is 23.2. The quantitative estimate of drug-likeness (QED) is 0.202. The fourth-order valence-electron chi connectivity index (χ4n) is 3.31. The second-order valence-electron chi connectivity index (χ2n) is 7.69. The van der Waals surface area contributed by atoms with Crippen LogP contribution in [0.15, 0.2) is 48.5 Å². The zero-order valence-electron chi connectivity index (χ0n) is 18.3. The highest BCUT2D eigenvalue weighted by molar-refractivity contribution is 5.91. The lowest BCUT2D eigenvalue weighted by atomic mass is 10.1. The van der Waals surface area contributed by atoms with Crippen LogP contribution in [0, 0.1) is 0 Å². The van der Waals surface area contributed by atoms with Crippen molar-refractivity contribution in [3.8, 4) is 5.75 Å². The Hall–Kier alpha value is -2.13. The Bertz CT molecular complexity index is 704. The van der Waals surface area contributed by atoms with E-state index in [1.54, 1.807) is 0 Å². The number of hydrogen-bond donors (Lipinski definition) is 0. The van der Waals surface area contributed by atoms with Gasteiger partial charge < -0.3 is 9.47 Å². The van der Waals surface area contributed by atoms with Crippen LogP contribution in [0.4, 0.5) is 0 Å². The number of carbonyl (C=O) groups excluding carboxylic acids is 1. The first-order valence-corrected chi connectivity index (χ1v) is 11.2. The molecule has 0 heterocycles. The molecule has 0 spiro atoms. The van der Waals surface area contributed by atoms with E-state index in [1.807, 2.05) is 48.5 Å². The molecule has 0 saturated heterocycles. The molecule has 0 saturated carbocycles. The van der Waals surface area contributed by atoms with E-state index in [-0.39, 0.29) is 12.1 Å². The maximum absolute atomic E-state index is 12.4. The van der Waals surface area contributed by atoms with Gasteiger partial charge in [-0.3, -0.25) is 0 Å². The maximum Gasteiger partial charge on any atom is 0.343 e. The van der Waals surface area contributed by atoms with Gasteiger partial charge in [0.05, 0.1) is 11.7 Å². The molecule has 2 aromatic rings. The molecule has 158 valence electrons. The molecule has 1 unspecified atom stereocenters. The molecule has 2 aromatic carbocycles. The fraction of sp³-hybridized carbons (Fsp3) is 0.500. The van der Waals surface area contributed by atoms with Crippen LogP contribution >= 0.6 is 0 Å². The molecule has 0 fully saturated rings. The molecule has 1 atom stereocenters. The van der Waals surface area contributed by atoms with Gasteiger partial charge in [-0.15, -0.1) is 0 Å². The van der Waals surface area contributed by atoms with Gasteiger partial charge in [0.2, 0.25) is 0 Å². The lowest BCUT2D eigenvalue weighted by molar-refractivity contribution is 0.0626. The number of hydrogen-bond acceptors (Lipinski definition) is 3. The number of esters is 1. The van der Waals surface area contributed by atoms with Crippen LogP contribution in [0.3, 0.4) is 0 Å². The third kappa shape index (κ3) is 8.41. The summed E-state index contributed by atoms with van der Waals surface area (Å²) >= 11 is 0. The Labute approximate surface area is 176 Å². The van der Waals surface area contributed by atoms with E-state index in [9.17, 15) is 4.79 Å². The minimum absolute atomic E-state index is 0.0295. The molecule has 0 radical (unpaired) electrons. The van der Waals surface area contributed by atoms with Crippen molar-refractivity contribution in [2.75, 3.05) is 6.61 Å². The molecular formula is C26H36O3. The average molecular weight is 397 g/mol. The summed E-state index contributed by atoms with van der Waals surface area (Å²) in [6, 6.07) is 15.3. The lowest BCUT2D eigenvalue weighted by Gasteiger charge is -2.14. The minimum Gasteiger partial charge on any atom is -0.423 e. The molecule has 0 amide bonds. The Kier molecular flexibility index (Phi) is 10.5. The van der Waals surface area contributed by atoms with Crippen molar-refractivity contribution < 1.29 is 14.3 Å². The second kappa shape index (κ2) is 13.2. The zero-order valence-corrected chi connectivity index (χ0v) is 18.3. The molecule has 2 rings (SSSR count). The molecule has 0 aliphatic carbocycles. The van der Waals surface area contributed by atoms with Gasteiger partial charge in [0, 0.05) is 6.61 Å². The fourth-order valence-corrected chi connectivity index (χ4v) is 3.31. The summed E-state index contributed by atoms with van der Waals surface area (Å²) in [5.41, 5.74) is 2.89. The van der Waals surface area contributed by atoms with E-state index < -0.39 is 0 Å². The Morgan fingerprint density at radius 1 is 0.828 bits per heavy atom. The van der Waals surface area contributed by atoms with E-state index in [4.69, 9.17) is 9.47 Å². The van der Waals surface area contributed by atoms with Gasteiger partial charge in [-0.05, 0) is 55.2 Å². The lowest BCUT2D eigenvalue weighted by Crippen LogP contribution is -2.09. The van der Waals surface area contributed by atoms with Crippen LogP contribution in [0.2, 0.25) is 0 Å². The molecule has 0 bridgehead atoms. The number of ether oxygens (including phenoxy) is 2. The van der Waals surface area contributed by atoms with Crippen molar-refractivity contribution in [1.29, 1.82) is 0 Å². The van der Waals surface area contributed by atoms with Crippen molar-refractivity contribution in [2.45, 2.75) is 78.2 Å². The van der Waals surface area contributed by atoms with Gasteiger partial charge in [-0.25, -0.2) is 4.79 Å². The highest BCUT2D eigenvalue weighted by atomic mass is 16.5. The van der Waals surface area contributed by atoms with Gasteiger partial charge in [0.1, 0.15) is 5.75 Å². The highest BCUT2D eigenvalue weighted by Gasteiger charge is 2.11. The molecular weight excluding hydrogens is 360 g/mol. The summed E-state index contributed by atoms with van der Waals surface area (Å²) in [7, 11) is 0. The molecule has 3 heteroatoms. The Morgan fingerprint density at radius 3 is 2.14 bits per heavy atom. The molecule has 0 aliphatic heterocycles. The topological polar surface area (TPSA) is 35.5 Å². The highest BCUT2D eigenvalue weighted by Crippen LogP contribution is 2.20. The van der Waals surface area contributed by atoms with E-state index >= 15 is 0 Å². The van der Waals surface area contributed by atoms with E-state index in [1.165, 1.54) is 37.7 Å².